The van der Waals surface area contributed by atoms with E-state index in [4.69, 9.17) is 0 Å². The maximum Gasteiger partial charge on any atom is 0.253 e. The lowest BCUT2D eigenvalue weighted by Crippen LogP contribution is -2.28. The summed E-state index contributed by atoms with van der Waals surface area (Å²) in [6, 6.07) is 7.49. The van der Waals surface area contributed by atoms with Crippen molar-refractivity contribution in [3.63, 3.8) is 0 Å². The van der Waals surface area contributed by atoms with Crippen LogP contribution in [0.15, 0.2) is 36.9 Å². The molecule has 1 rings (SSSR count). The summed E-state index contributed by atoms with van der Waals surface area (Å²) in [5.41, 5.74) is 1.52. The molecule has 0 aromatic heterocycles. The number of nitrogens with one attached hydrogen (secondary N) is 2. The molecule has 3 nitrogen and oxygen atoms in total. The summed E-state index contributed by atoms with van der Waals surface area (Å²) in [7, 11) is 0. The average molecular weight is 232 g/mol. The van der Waals surface area contributed by atoms with Crippen LogP contribution in [-0.2, 0) is 0 Å². The number of hydrogen-bond donors (Lipinski definition) is 2. The summed E-state index contributed by atoms with van der Waals surface area (Å²) in [6.45, 7) is 9.13. The van der Waals surface area contributed by atoms with Gasteiger partial charge in [0.05, 0.1) is 5.56 Å². The van der Waals surface area contributed by atoms with Gasteiger partial charge in [0.2, 0.25) is 0 Å². The van der Waals surface area contributed by atoms with E-state index in [0.29, 0.717) is 24.6 Å². The van der Waals surface area contributed by atoms with E-state index in [-0.39, 0.29) is 5.91 Å². The Morgan fingerprint density at radius 3 is 2.76 bits per heavy atom. The fourth-order valence-corrected chi connectivity index (χ4v) is 1.41. The minimum Gasteiger partial charge on any atom is -0.381 e. The second kappa shape index (κ2) is 6.74. The van der Waals surface area contributed by atoms with Crippen LogP contribution in [-0.4, -0.2) is 19.0 Å². The highest BCUT2D eigenvalue weighted by atomic mass is 16.1. The van der Waals surface area contributed by atoms with Gasteiger partial charge < -0.3 is 10.6 Å². The smallest absolute Gasteiger partial charge is 0.253 e. The van der Waals surface area contributed by atoms with Gasteiger partial charge in [-0.15, -0.1) is 6.58 Å². The Labute approximate surface area is 103 Å². The molecule has 0 saturated heterocycles. The first kappa shape index (κ1) is 13.3. The summed E-state index contributed by atoms with van der Waals surface area (Å²) < 4.78 is 0. The lowest BCUT2D eigenvalue weighted by atomic mass is 10.1. The van der Waals surface area contributed by atoms with Crippen molar-refractivity contribution < 1.29 is 4.79 Å². The first-order chi connectivity index (χ1) is 8.15. The lowest BCUT2D eigenvalue weighted by molar-refractivity contribution is 0.0950. The highest BCUT2D eigenvalue weighted by Gasteiger charge is 2.09. The Kier molecular flexibility index (Phi) is 5.27. The van der Waals surface area contributed by atoms with Gasteiger partial charge in [-0.1, -0.05) is 32.1 Å². The van der Waals surface area contributed by atoms with Crippen molar-refractivity contribution >= 4 is 11.6 Å². The molecule has 0 heterocycles. The number of rotatable bonds is 6. The number of carbonyl (C=O) groups excluding carboxylic acids is 1. The van der Waals surface area contributed by atoms with Gasteiger partial charge in [-0.05, 0) is 18.1 Å². The topological polar surface area (TPSA) is 41.1 Å². The van der Waals surface area contributed by atoms with Crippen molar-refractivity contribution in [2.75, 3.05) is 18.4 Å². The molecule has 1 aromatic rings. The van der Waals surface area contributed by atoms with Crippen molar-refractivity contribution in [2.24, 2.45) is 5.92 Å². The third-order valence-corrected chi connectivity index (χ3v) is 2.28. The molecule has 0 unspecified atom stereocenters. The minimum absolute atomic E-state index is 0.0362. The zero-order valence-electron chi connectivity index (χ0n) is 10.5. The Hall–Kier alpha value is -1.77. The van der Waals surface area contributed by atoms with Gasteiger partial charge in [-0.25, -0.2) is 0 Å². The average Bonchev–Trinajstić information content (AvgIpc) is 2.33. The number of carbonyl (C=O) groups is 1. The molecule has 1 aromatic carbocycles. The summed E-state index contributed by atoms with van der Waals surface area (Å²) >= 11 is 0. The molecule has 2 N–H and O–H groups in total. The molecule has 0 atom stereocenters. The predicted molar refractivity (Wildman–Crippen MR) is 72.3 cm³/mol. The van der Waals surface area contributed by atoms with Gasteiger partial charge in [0, 0.05) is 18.8 Å². The Bertz CT molecular complexity index is 386. The van der Waals surface area contributed by atoms with Gasteiger partial charge in [0.1, 0.15) is 0 Å². The highest BCUT2D eigenvalue weighted by molar-refractivity contribution is 5.99. The third-order valence-electron chi connectivity index (χ3n) is 2.28. The van der Waals surface area contributed by atoms with Gasteiger partial charge in [0.25, 0.3) is 5.91 Å². The van der Waals surface area contributed by atoms with Gasteiger partial charge in [0.15, 0.2) is 0 Å². The highest BCUT2D eigenvalue weighted by Crippen LogP contribution is 2.14. The van der Waals surface area contributed by atoms with Crippen LogP contribution in [0.2, 0.25) is 0 Å². The first-order valence-electron chi connectivity index (χ1n) is 5.87. The van der Waals surface area contributed by atoms with Gasteiger partial charge >= 0.3 is 0 Å². The lowest BCUT2D eigenvalue weighted by Gasteiger charge is -2.12. The van der Waals surface area contributed by atoms with Crippen LogP contribution in [0.25, 0.3) is 0 Å². The van der Waals surface area contributed by atoms with Gasteiger partial charge in [-0.3, -0.25) is 4.79 Å². The molecule has 0 aliphatic carbocycles. The molecule has 0 aliphatic rings. The van der Waals surface area contributed by atoms with Crippen LogP contribution in [0, 0.1) is 5.92 Å². The van der Waals surface area contributed by atoms with Crippen molar-refractivity contribution in [2.45, 2.75) is 13.8 Å². The van der Waals surface area contributed by atoms with E-state index in [0.717, 1.165) is 5.69 Å². The fraction of sp³-hybridized carbons (Fsp3) is 0.357. The number of para-hydroxylation sites is 1. The summed E-state index contributed by atoms with van der Waals surface area (Å²) in [6.07, 6.45) is 1.77. The molecule has 0 spiro atoms. The second-order valence-electron chi connectivity index (χ2n) is 4.32. The monoisotopic (exact) mass is 232 g/mol. The van der Waals surface area contributed by atoms with Crippen molar-refractivity contribution in [3.05, 3.63) is 42.5 Å². The zero-order valence-corrected chi connectivity index (χ0v) is 10.5. The van der Waals surface area contributed by atoms with E-state index in [9.17, 15) is 4.79 Å². The fourth-order valence-electron chi connectivity index (χ4n) is 1.41. The molecule has 3 heteroatoms. The van der Waals surface area contributed by atoms with Crippen molar-refractivity contribution in [1.29, 1.82) is 0 Å². The Morgan fingerprint density at radius 2 is 2.12 bits per heavy atom. The summed E-state index contributed by atoms with van der Waals surface area (Å²) in [5.74, 6) is 0.415. The van der Waals surface area contributed by atoms with E-state index in [1.165, 1.54) is 0 Å². The number of hydrogen-bond acceptors (Lipinski definition) is 2. The van der Waals surface area contributed by atoms with Crippen LogP contribution >= 0.6 is 0 Å². The van der Waals surface area contributed by atoms with Crippen molar-refractivity contribution in [3.8, 4) is 0 Å². The van der Waals surface area contributed by atoms with Crippen LogP contribution in [0.5, 0.6) is 0 Å². The van der Waals surface area contributed by atoms with E-state index < -0.39 is 0 Å². The summed E-state index contributed by atoms with van der Waals surface area (Å²) in [4.78, 5) is 12.0. The second-order valence-corrected chi connectivity index (χ2v) is 4.32. The zero-order chi connectivity index (χ0) is 12.7. The van der Waals surface area contributed by atoms with E-state index in [1.807, 2.05) is 24.3 Å². The van der Waals surface area contributed by atoms with Crippen LogP contribution in [0.4, 0.5) is 5.69 Å². The Balaban J connectivity index is 2.74. The Morgan fingerprint density at radius 1 is 1.41 bits per heavy atom. The van der Waals surface area contributed by atoms with Crippen molar-refractivity contribution in [1.82, 2.24) is 5.32 Å². The molecule has 0 bridgehead atoms. The number of amides is 1. The van der Waals surface area contributed by atoms with Crippen LogP contribution in [0.1, 0.15) is 24.2 Å². The molecule has 0 aliphatic heterocycles. The molecule has 0 radical (unpaired) electrons. The minimum atomic E-state index is -0.0362. The maximum atomic E-state index is 12.0. The maximum absolute atomic E-state index is 12.0. The number of anilines is 1. The third kappa shape index (κ3) is 4.31. The van der Waals surface area contributed by atoms with E-state index in [2.05, 4.69) is 31.1 Å². The summed E-state index contributed by atoms with van der Waals surface area (Å²) in [5, 5.41) is 6.06. The molecule has 0 fully saturated rings. The molecule has 17 heavy (non-hydrogen) atoms. The quantitative estimate of drug-likeness (QED) is 0.740. The molecular formula is C14H20N2O. The van der Waals surface area contributed by atoms with E-state index in [1.54, 1.807) is 6.08 Å². The predicted octanol–water partition coefficient (Wildman–Crippen LogP) is 2.67. The normalized spacial score (nSPS) is 10.1. The first-order valence-corrected chi connectivity index (χ1v) is 5.87. The molecule has 0 saturated carbocycles. The molecular weight excluding hydrogens is 212 g/mol. The standard InChI is InChI=1S/C14H20N2O/c1-4-9-15-13-8-6-5-7-12(13)14(17)16-10-11(2)3/h4-8,11,15H,1,9-10H2,2-3H3,(H,16,17). The largest absolute Gasteiger partial charge is 0.381 e. The van der Waals surface area contributed by atoms with Crippen LogP contribution < -0.4 is 10.6 Å². The van der Waals surface area contributed by atoms with Gasteiger partial charge in [-0.2, -0.15) is 0 Å². The van der Waals surface area contributed by atoms with E-state index >= 15 is 0 Å². The van der Waals surface area contributed by atoms with Crippen LogP contribution in [0.3, 0.4) is 0 Å². The molecule has 1 amide bonds. The SMILES string of the molecule is C=CCNc1ccccc1C(=O)NCC(C)C. The number of benzene rings is 1. The molecule has 92 valence electrons.